The summed E-state index contributed by atoms with van der Waals surface area (Å²) in [7, 11) is 0. The summed E-state index contributed by atoms with van der Waals surface area (Å²) in [6.45, 7) is 3.81. The van der Waals surface area contributed by atoms with Crippen LogP contribution in [0.4, 0.5) is 5.69 Å². The average Bonchev–Trinajstić information content (AvgIpc) is 2.57. The predicted molar refractivity (Wildman–Crippen MR) is 93.0 cm³/mol. The zero-order chi connectivity index (χ0) is 17.9. The summed E-state index contributed by atoms with van der Waals surface area (Å²) in [5.74, 6) is -1.19. The minimum Gasteiger partial charge on any atom is -0.480 e. The molecule has 6 nitrogen and oxygen atoms in total. The summed E-state index contributed by atoms with van der Waals surface area (Å²) in [6, 6.07) is 6.39. The molecule has 1 rings (SSSR count). The lowest BCUT2D eigenvalue weighted by atomic mass is 9.95. The number of carbonyl (C=O) groups is 3. The number of carboxylic acids is 1. The van der Waals surface area contributed by atoms with E-state index in [2.05, 4.69) is 24.5 Å². The first-order chi connectivity index (χ1) is 11.5. The smallest absolute Gasteiger partial charge is 0.322 e. The highest BCUT2D eigenvalue weighted by Crippen LogP contribution is 2.18. The van der Waals surface area contributed by atoms with E-state index in [1.54, 1.807) is 24.3 Å². The SMILES string of the molecule is CCCCC(CC)CC(=O)Nc1ccc(C(=O)NCC(=O)O)cc1. The van der Waals surface area contributed by atoms with Crippen molar-refractivity contribution in [1.29, 1.82) is 0 Å². The molecule has 0 saturated heterocycles. The van der Waals surface area contributed by atoms with Crippen molar-refractivity contribution in [3.63, 3.8) is 0 Å². The summed E-state index contributed by atoms with van der Waals surface area (Å²) < 4.78 is 0. The number of hydrogen-bond acceptors (Lipinski definition) is 3. The van der Waals surface area contributed by atoms with Gasteiger partial charge in [0.2, 0.25) is 5.91 Å². The van der Waals surface area contributed by atoms with E-state index in [1.165, 1.54) is 0 Å². The van der Waals surface area contributed by atoms with Gasteiger partial charge < -0.3 is 15.7 Å². The highest BCUT2D eigenvalue weighted by molar-refractivity contribution is 5.97. The van der Waals surface area contributed by atoms with Crippen molar-refractivity contribution in [2.24, 2.45) is 5.92 Å². The van der Waals surface area contributed by atoms with E-state index < -0.39 is 18.4 Å². The molecule has 0 radical (unpaired) electrons. The number of amides is 2. The largest absolute Gasteiger partial charge is 0.480 e. The molecule has 3 N–H and O–H groups in total. The van der Waals surface area contributed by atoms with Crippen molar-refractivity contribution in [3.8, 4) is 0 Å². The lowest BCUT2D eigenvalue weighted by Crippen LogP contribution is -2.29. The van der Waals surface area contributed by atoms with Crippen LogP contribution in [0, 0.1) is 5.92 Å². The second-order valence-electron chi connectivity index (χ2n) is 5.82. The van der Waals surface area contributed by atoms with Crippen molar-refractivity contribution < 1.29 is 19.5 Å². The molecule has 0 saturated carbocycles. The van der Waals surface area contributed by atoms with E-state index in [0.717, 1.165) is 25.7 Å². The van der Waals surface area contributed by atoms with Gasteiger partial charge in [-0.25, -0.2) is 0 Å². The number of anilines is 1. The Labute approximate surface area is 142 Å². The molecule has 2 amide bonds. The van der Waals surface area contributed by atoms with Crippen molar-refractivity contribution in [2.75, 3.05) is 11.9 Å². The fourth-order valence-corrected chi connectivity index (χ4v) is 2.38. The number of unbranched alkanes of at least 4 members (excludes halogenated alkanes) is 1. The third-order valence-electron chi connectivity index (χ3n) is 3.85. The zero-order valence-corrected chi connectivity index (χ0v) is 14.3. The van der Waals surface area contributed by atoms with Gasteiger partial charge in [-0.05, 0) is 36.6 Å². The van der Waals surface area contributed by atoms with Crippen molar-refractivity contribution in [2.45, 2.75) is 46.0 Å². The van der Waals surface area contributed by atoms with Crippen molar-refractivity contribution in [1.82, 2.24) is 5.32 Å². The van der Waals surface area contributed by atoms with Gasteiger partial charge in [0, 0.05) is 17.7 Å². The van der Waals surface area contributed by atoms with Crippen LogP contribution < -0.4 is 10.6 Å². The third-order valence-corrected chi connectivity index (χ3v) is 3.85. The molecular weight excluding hydrogens is 308 g/mol. The number of aliphatic carboxylic acids is 1. The molecule has 0 spiro atoms. The van der Waals surface area contributed by atoms with Crippen LogP contribution in [0.3, 0.4) is 0 Å². The monoisotopic (exact) mass is 334 g/mol. The molecule has 1 atom stereocenters. The van der Waals surface area contributed by atoms with Crippen LogP contribution in [0.1, 0.15) is 56.3 Å². The minimum atomic E-state index is -1.10. The summed E-state index contributed by atoms with van der Waals surface area (Å²) >= 11 is 0. The maximum atomic E-state index is 12.1. The van der Waals surface area contributed by atoms with E-state index in [1.807, 2.05) is 0 Å². The fourth-order valence-electron chi connectivity index (χ4n) is 2.38. The summed E-state index contributed by atoms with van der Waals surface area (Å²) in [4.78, 5) is 34.2. The van der Waals surface area contributed by atoms with Gasteiger partial charge in [-0.2, -0.15) is 0 Å². The molecule has 24 heavy (non-hydrogen) atoms. The first-order valence-corrected chi connectivity index (χ1v) is 8.36. The number of carbonyl (C=O) groups excluding carboxylic acids is 2. The van der Waals surface area contributed by atoms with Gasteiger partial charge >= 0.3 is 5.97 Å². The van der Waals surface area contributed by atoms with Gasteiger partial charge in [0.25, 0.3) is 5.91 Å². The molecule has 6 heteroatoms. The van der Waals surface area contributed by atoms with Gasteiger partial charge in [0.15, 0.2) is 0 Å². The normalized spacial score (nSPS) is 11.6. The Kier molecular flexibility index (Phi) is 8.54. The maximum Gasteiger partial charge on any atom is 0.322 e. The van der Waals surface area contributed by atoms with E-state index in [0.29, 0.717) is 23.6 Å². The van der Waals surface area contributed by atoms with Crippen LogP contribution in [0.25, 0.3) is 0 Å². The highest BCUT2D eigenvalue weighted by Gasteiger charge is 2.12. The number of nitrogens with one attached hydrogen (secondary N) is 2. The maximum absolute atomic E-state index is 12.1. The van der Waals surface area contributed by atoms with Crippen LogP contribution in [-0.4, -0.2) is 29.4 Å². The summed E-state index contributed by atoms with van der Waals surface area (Å²) in [5.41, 5.74) is 0.976. The topological polar surface area (TPSA) is 95.5 Å². The molecule has 0 aromatic heterocycles. The van der Waals surface area contributed by atoms with Crippen molar-refractivity contribution >= 4 is 23.5 Å². The number of carboxylic acid groups (broad SMARTS) is 1. The van der Waals surface area contributed by atoms with Gasteiger partial charge in [-0.15, -0.1) is 0 Å². The predicted octanol–water partition coefficient (Wildman–Crippen LogP) is 3.05. The Morgan fingerprint density at radius 1 is 1.12 bits per heavy atom. The van der Waals surface area contributed by atoms with Gasteiger partial charge in [0.1, 0.15) is 6.54 Å². The first kappa shape index (κ1) is 19.7. The molecule has 0 aliphatic heterocycles. The lowest BCUT2D eigenvalue weighted by Gasteiger charge is -2.14. The van der Waals surface area contributed by atoms with Gasteiger partial charge in [0.05, 0.1) is 0 Å². The Balaban J connectivity index is 2.52. The van der Waals surface area contributed by atoms with E-state index in [-0.39, 0.29) is 5.91 Å². The number of hydrogen-bond donors (Lipinski definition) is 3. The molecule has 0 aliphatic rings. The summed E-state index contributed by atoms with van der Waals surface area (Å²) in [6.07, 6.45) is 4.80. The Bertz CT molecular complexity index is 555. The quantitative estimate of drug-likeness (QED) is 0.613. The molecule has 0 fully saturated rings. The fraction of sp³-hybridized carbons (Fsp3) is 0.500. The average molecular weight is 334 g/mol. The van der Waals surface area contributed by atoms with Gasteiger partial charge in [-0.3, -0.25) is 14.4 Å². The number of rotatable bonds is 10. The molecule has 0 heterocycles. The second-order valence-corrected chi connectivity index (χ2v) is 5.82. The molecule has 1 aromatic rings. The lowest BCUT2D eigenvalue weighted by molar-refractivity contribution is -0.135. The molecule has 1 aromatic carbocycles. The van der Waals surface area contributed by atoms with Crippen LogP contribution >= 0.6 is 0 Å². The van der Waals surface area contributed by atoms with Crippen LogP contribution in [-0.2, 0) is 9.59 Å². The minimum absolute atomic E-state index is 0.0268. The van der Waals surface area contributed by atoms with Crippen molar-refractivity contribution in [3.05, 3.63) is 29.8 Å². The van der Waals surface area contributed by atoms with E-state index in [4.69, 9.17) is 5.11 Å². The standard InChI is InChI=1S/C18H26N2O4/c1-3-5-6-13(4-2)11-16(21)20-15-9-7-14(8-10-15)18(24)19-12-17(22)23/h7-10,13H,3-6,11-12H2,1-2H3,(H,19,24)(H,20,21)(H,22,23). The van der Waals surface area contributed by atoms with Crippen LogP contribution in [0.15, 0.2) is 24.3 Å². The van der Waals surface area contributed by atoms with Crippen LogP contribution in [0.5, 0.6) is 0 Å². The van der Waals surface area contributed by atoms with Crippen LogP contribution in [0.2, 0.25) is 0 Å². The third kappa shape index (κ3) is 7.26. The Morgan fingerprint density at radius 3 is 2.33 bits per heavy atom. The second kappa shape index (κ2) is 10.4. The zero-order valence-electron chi connectivity index (χ0n) is 14.3. The molecular formula is C18H26N2O4. The molecule has 1 unspecified atom stereocenters. The molecule has 132 valence electrons. The first-order valence-electron chi connectivity index (χ1n) is 8.36. The number of benzene rings is 1. The Morgan fingerprint density at radius 2 is 1.79 bits per heavy atom. The molecule has 0 bridgehead atoms. The summed E-state index contributed by atoms with van der Waals surface area (Å²) in [5, 5.41) is 13.7. The van der Waals surface area contributed by atoms with E-state index in [9.17, 15) is 14.4 Å². The van der Waals surface area contributed by atoms with E-state index >= 15 is 0 Å². The van der Waals surface area contributed by atoms with Gasteiger partial charge in [-0.1, -0.05) is 33.1 Å². The highest BCUT2D eigenvalue weighted by atomic mass is 16.4. The molecule has 0 aliphatic carbocycles. The Hall–Kier alpha value is -2.37.